The number of methoxy groups -OCH3 is 1. The van der Waals surface area contributed by atoms with Gasteiger partial charge in [0.15, 0.2) is 0 Å². The first-order valence-corrected chi connectivity index (χ1v) is 10.5. The van der Waals surface area contributed by atoms with Crippen LogP contribution in [0.25, 0.3) is 0 Å². The maximum absolute atomic E-state index is 13.8. The SMILES string of the molecule is COCc1cc(CNC(=O)c2c(C)cc(N3CCOCC3)nc2C2CC2)ccc1F. The minimum atomic E-state index is -0.304. The van der Waals surface area contributed by atoms with Crippen LogP contribution in [0.3, 0.4) is 0 Å². The molecule has 0 radical (unpaired) electrons. The molecular formula is C23H28FN3O3. The normalized spacial score (nSPS) is 16.6. The number of aryl methyl sites for hydroxylation is 1. The molecule has 1 saturated heterocycles. The van der Waals surface area contributed by atoms with Crippen molar-refractivity contribution in [1.82, 2.24) is 10.3 Å². The molecule has 2 heterocycles. The van der Waals surface area contributed by atoms with Crippen molar-refractivity contribution in [2.45, 2.75) is 38.8 Å². The Morgan fingerprint density at radius 1 is 1.30 bits per heavy atom. The van der Waals surface area contributed by atoms with Crippen LogP contribution in [0.4, 0.5) is 10.2 Å². The lowest BCUT2D eigenvalue weighted by molar-refractivity contribution is 0.0948. The summed E-state index contributed by atoms with van der Waals surface area (Å²) in [5, 5.41) is 2.99. The number of rotatable bonds is 7. The Bertz CT molecular complexity index is 924. The van der Waals surface area contributed by atoms with Gasteiger partial charge in [0.25, 0.3) is 5.91 Å². The lowest BCUT2D eigenvalue weighted by atomic mass is 10.0. The largest absolute Gasteiger partial charge is 0.380 e. The second kappa shape index (κ2) is 9.10. The number of nitrogens with zero attached hydrogens (tertiary/aromatic N) is 2. The summed E-state index contributed by atoms with van der Waals surface area (Å²) in [4.78, 5) is 20.2. The molecule has 1 aliphatic heterocycles. The molecule has 1 N–H and O–H groups in total. The summed E-state index contributed by atoms with van der Waals surface area (Å²) in [6, 6.07) is 6.83. The third kappa shape index (κ3) is 4.63. The van der Waals surface area contributed by atoms with Crippen LogP contribution in [-0.4, -0.2) is 44.3 Å². The van der Waals surface area contributed by atoms with Crippen LogP contribution < -0.4 is 10.2 Å². The van der Waals surface area contributed by atoms with Gasteiger partial charge in [-0.3, -0.25) is 4.79 Å². The Balaban J connectivity index is 1.53. The molecule has 4 rings (SSSR count). The van der Waals surface area contributed by atoms with E-state index in [2.05, 4.69) is 10.2 Å². The maximum Gasteiger partial charge on any atom is 0.253 e. The van der Waals surface area contributed by atoms with E-state index in [1.807, 2.05) is 13.0 Å². The number of morpholine rings is 1. The first-order valence-electron chi connectivity index (χ1n) is 10.5. The first kappa shape index (κ1) is 20.8. The number of aromatic nitrogens is 1. The number of anilines is 1. The number of carbonyl (C=O) groups excluding carboxylic acids is 1. The number of benzene rings is 1. The first-order chi connectivity index (χ1) is 14.6. The average Bonchev–Trinajstić information content (AvgIpc) is 3.59. The van der Waals surface area contributed by atoms with Crippen LogP contribution >= 0.6 is 0 Å². The smallest absolute Gasteiger partial charge is 0.253 e. The van der Waals surface area contributed by atoms with Gasteiger partial charge in [-0.2, -0.15) is 0 Å². The molecule has 2 aliphatic rings. The third-order valence-corrected chi connectivity index (χ3v) is 5.62. The van der Waals surface area contributed by atoms with Crippen molar-refractivity contribution in [3.63, 3.8) is 0 Å². The summed E-state index contributed by atoms with van der Waals surface area (Å²) < 4.78 is 24.3. The summed E-state index contributed by atoms with van der Waals surface area (Å²) in [5.41, 5.74) is 3.82. The van der Waals surface area contributed by atoms with Crippen molar-refractivity contribution < 1.29 is 18.7 Å². The summed E-state index contributed by atoms with van der Waals surface area (Å²) in [7, 11) is 1.53. The van der Waals surface area contributed by atoms with Gasteiger partial charge in [-0.1, -0.05) is 6.07 Å². The van der Waals surface area contributed by atoms with E-state index in [1.165, 1.54) is 13.2 Å². The van der Waals surface area contributed by atoms with Gasteiger partial charge in [0, 0.05) is 38.2 Å². The zero-order valence-electron chi connectivity index (χ0n) is 17.5. The van der Waals surface area contributed by atoms with E-state index >= 15 is 0 Å². The molecule has 0 unspecified atom stereocenters. The summed E-state index contributed by atoms with van der Waals surface area (Å²) in [5.74, 6) is 0.844. The lowest BCUT2D eigenvalue weighted by Crippen LogP contribution is -2.37. The van der Waals surface area contributed by atoms with E-state index in [0.717, 1.165) is 48.6 Å². The highest BCUT2D eigenvalue weighted by Crippen LogP contribution is 2.42. The van der Waals surface area contributed by atoms with Gasteiger partial charge in [0.1, 0.15) is 11.6 Å². The molecule has 1 aliphatic carbocycles. The number of ether oxygens (including phenoxy) is 2. The number of hydrogen-bond acceptors (Lipinski definition) is 5. The van der Waals surface area contributed by atoms with Crippen molar-refractivity contribution in [2.24, 2.45) is 0 Å². The van der Waals surface area contributed by atoms with Crippen LogP contribution in [0.5, 0.6) is 0 Å². The van der Waals surface area contributed by atoms with E-state index < -0.39 is 0 Å². The van der Waals surface area contributed by atoms with Gasteiger partial charge in [-0.25, -0.2) is 9.37 Å². The van der Waals surface area contributed by atoms with Crippen LogP contribution in [0.1, 0.15) is 51.5 Å². The molecule has 30 heavy (non-hydrogen) atoms. The molecular weight excluding hydrogens is 385 g/mol. The van der Waals surface area contributed by atoms with Crippen molar-refractivity contribution in [1.29, 1.82) is 0 Å². The number of hydrogen-bond donors (Lipinski definition) is 1. The van der Waals surface area contributed by atoms with E-state index in [-0.39, 0.29) is 18.3 Å². The number of carbonyl (C=O) groups is 1. The zero-order chi connectivity index (χ0) is 21.1. The predicted molar refractivity (Wildman–Crippen MR) is 112 cm³/mol. The Morgan fingerprint density at radius 2 is 2.07 bits per heavy atom. The van der Waals surface area contributed by atoms with Gasteiger partial charge < -0.3 is 19.7 Å². The lowest BCUT2D eigenvalue weighted by Gasteiger charge is -2.29. The molecule has 1 amide bonds. The quantitative estimate of drug-likeness (QED) is 0.755. The van der Waals surface area contributed by atoms with Crippen molar-refractivity contribution >= 4 is 11.7 Å². The van der Waals surface area contributed by atoms with E-state index in [0.29, 0.717) is 36.8 Å². The van der Waals surface area contributed by atoms with Crippen molar-refractivity contribution in [2.75, 3.05) is 38.3 Å². The molecule has 1 saturated carbocycles. The number of nitrogens with one attached hydrogen (secondary N) is 1. The number of pyridine rings is 1. The molecule has 0 spiro atoms. The Labute approximate surface area is 176 Å². The molecule has 0 atom stereocenters. The second-order valence-corrected chi connectivity index (χ2v) is 7.97. The highest BCUT2D eigenvalue weighted by Gasteiger charge is 2.32. The van der Waals surface area contributed by atoms with E-state index in [1.54, 1.807) is 12.1 Å². The molecule has 2 fully saturated rings. The molecule has 7 heteroatoms. The van der Waals surface area contributed by atoms with Crippen LogP contribution in [-0.2, 0) is 22.6 Å². The number of amides is 1. The Kier molecular flexibility index (Phi) is 6.29. The molecule has 1 aromatic carbocycles. The van der Waals surface area contributed by atoms with E-state index in [4.69, 9.17) is 14.5 Å². The minimum absolute atomic E-state index is 0.131. The van der Waals surface area contributed by atoms with Gasteiger partial charge in [-0.05, 0) is 49.1 Å². The second-order valence-electron chi connectivity index (χ2n) is 7.97. The highest BCUT2D eigenvalue weighted by molar-refractivity contribution is 5.97. The predicted octanol–water partition coefficient (Wildman–Crippen LogP) is 3.32. The maximum atomic E-state index is 13.8. The zero-order valence-corrected chi connectivity index (χ0v) is 17.5. The summed E-state index contributed by atoms with van der Waals surface area (Å²) in [6.45, 7) is 5.53. The Morgan fingerprint density at radius 3 is 2.77 bits per heavy atom. The summed E-state index contributed by atoms with van der Waals surface area (Å²) in [6.07, 6.45) is 2.13. The average molecular weight is 413 g/mol. The minimum Gasteiger partial charge on any atom is -0.380 e. The van der Waals surface area contributed by atoms with E-state index in [9.17, 15) is 9.18 Å². The topological polar surface area (TPSA) is 63.7 Å². The van der Waals surface area contributed by atoms with Gasteiger partial charge in [0.2, 0.25) is 0 Å². The highest BCUT2D eigenvalue weighted by atomic mass is 19.1. The standard InChI is InChI=1S/C23H28FN3O3/c1-15-11-20(27-7-9-30-10-8-27)26-22(17-4-5-17)21(15)23(28)25-13-16-3-6-19(24)18(12-16)14-29-2/h3,6,11-12,17H,4-5,7-10,13-14H2,1-2H3,(H,25,28). The molecule has 160 valence electrons. The molecule has 2 aromatic rings. The van der Waals surface area contributed by atoms with Crippen LogP contribution in [0.2, 0.25) is 0 Å². The van der Waals surface area contributed by atoms with Crippen molar-refractivity contribution in [3.05, 3.63) is 58.0 Å². The molecule has 0 bridgehead atoms. The van der Waals surface area contributed by atoms with Crippen molar-refractivity contribution in [3.8, 4) is 0 Å². The number of halogens is 1. The fourth-order valence-electron chi connectivity index (χ4n) is 3.86. The Hall–Kier alpha value is -2.51. The summed E-state index contributed by atoms with van der Waals surface area (Å²) >= 11 is 0. The fraction of sp³-hybridized carbons (Fsp3) is 0.478. The third-order valence-electron chi connectivity index (χ3n) is 5.62. The molecule has 1 aromatic heterocycles. The van der Waals surface area contributed by atoms with Gasteiger partial charge >= 0.3 is 0 Å². The molecule has 6 nitrogen and oxygen atoms in total. The van der Waals surface area contributed by atoms with Crippen LogP contribution in [0, 0.1) is 12.7 Å². The van der Waals surface area contributed by atoms with Crippen LogP contribution in [0.15, 0.2) is 24.3 Å². The van der Waals surface area contributed by atoms with Gasteiger partial charge in [0.05, 0.1) is 31.1 Å². The van der Waals surface area contributed by atoms with Gasteiger partial charge in [-0.15, -0.1) is 0 Å². The monoisotopic (exact) mass is 413 g/mol. The fourth-order valence-corrected chi connectivity index (χ4v) is 3.86.